The van der Waals surface area contributed by atoms with Gasteiger partial charge in [-0.05, 0) is 122 Å². The molecule has 0 aliphatic rings. The largest absolute Gasteiger partial charge is 0.462 e. The summed E-state index contributed by atoms with van der Waals surface area (Å²) in [6, 6.07) is 0. The lowest BCUT2D eigenvalue weighted by molar-refractivity contribution is -0.166. The van der Waals surface area contributed by atoms with Crippen molar-refractivity contribution in [1.29, 1.82) is 0 Å². The van der Waals surface area contributed by atoms with Crippen LogP contribution >= 0.6 is 0 Å². The molecule has 0 heterocycles. The highest BCUT2D eigenvalue weighted by molar-refractivity contribution is 5.71. The molecule has 67 heavy (non-hydrogen) atoms. The normalized spacial score (nSPS) is 12.9. The Labute approximate surface area is 412 Å². The highest BCUT2D eigenvalue weighted by Crippen LogP contribution is 2.13. The molecule has 0 saturated carbocycles. The molecule has 0 aromatic rings. The molecule has 6 heteroatoms. The fraction of sp³-hybridized carbons (Fsp3) is 0.656. The van der Waals surface area contributed by atoms with E-state index in [-0.39, 0.29) is 37.5 Å². The first kappa shape index (κ1) is 63.1. The molecule has 0 rings (SSSR count). The van der Waals surface area contributed by atoms with Gasteiger partial charge < -0.3 is 14.2 Å². The van der Waals surface area contributed by atoms with Crippen molar-refractivity contribution in [1.82, 2.24) is 0 Å². The summed E-state index contributed by atoms with van der Waals surface area (Å²) in [4.78, 5) is 38.0. The van der Waals surface area contributed by atoms with Crippen LogP contribution in [0.25, 0.3) is 0 Å². The molecular formula is C61H100O6. The van der Waals surface area contributed by atoms with Gasteiger partial charge in [-0.1, -0.05) is 207 Å². The zero-order valence-electron chi connectivity index (χ0n) is 43.4. The molecule has 6 nitrogen and oxygen atoms in total. The van der Waals surface area contributed by atoms with E-state index in [1.165, 1.54) is 116 Å². The first-order valence-electron chi connectivity index (χ1n) is 27.4. The van der Waals surface area contributed by atoms with Crippen LogP contribution in [0.15, 0.2) is 109 Å². The van der Waals surface area contributed by atoms with Crippen LogP contribution in [0.3, 0.4) is 0 Å². The van der Waals surface area contributed by atoms with E-state index in [0.29, 0.717) is 25.7 Å². The number of ether oxygens (including phenoxy) is 3. The van der Waals surface area contributed by atoms with E-state index >= 15 is 0 Å². The molecule has 0 amide bonds. The van der Waals surface area contributed by atoms with Crippen molar-refractivity contribution in [2.24, 2.45) is 0 Å². The summed E-state index contributed by atoms with van der Waals surface area (Å²) in [5.41, 5.74) is 0. The number of hydrogen-bond acceptors (Lipinski definition) is 6. The number of esters is 3. The maximum Gasteiger partial charge on any atom is 0.306 e. The summed E-state index contributed by atoms with van der Waals surface area (Å²) in [5.74, 6) is -1.05. The average Bonchev–Trinajstić information content (AvgIpc) is 3.33. The van der Waals surface area contributed by atoms with E-state index in [0.717, 1.165) is 70.6 Å². The van der Waals surface area contributed by atoms with Crippen LogP contribution in [0.4, 0.5) is 0 Å². The smallest absolute Gasteiger partial charge is 0.306 e. The van der Waals surface area contributed by atoms with Gasteiger partial charge in [0.25, 0.3) is 0 Å². The highest BCUT2D eigenvalue weighted by atomic mass is 16.6. The molecule has 0 saturated heterocycles. The van der Waals surface area contributed by atoms with Crippen LogP contribution in [0, 0.1) is 0 Å². The van der Waals surface area contributed by atoms with Gasteiger partial charge in [-0.2, -0.15) is 0 Å². The van der Waals surface area contributed by atoms with Gasteiger partial charge in [-0.3, -0.25) is 14.4 Å². The fourth-order valence-electron chi connectivity index (χ4n) is 7.07. The van der Waals surface area contributed by atoms with Crippen LogP contribution in [0.2, 0.25) is 0 Å². The molecule has 0 bridgehead atoms. The molecule has 0 aliphatic carbocycles. The summed E-state index contributed by atoms with van der Waals surface area (Å²) in [7, 11) is 0. The van der Waals surface area contributed by atoms with Gasteiger partial charge in [0, 0.05) is 19.3 Å². The van der Waals surface area contributed by atoms with Gasteiger partial charge in [-0.15, -0.1) is 0 Å². The molecule has 0 radical (unpaired) electrons. The number of unbranched alkanes of at least 4 members (excludes halogenated alkanes) is 19. The maximum atomic E-state index is 12.8. The number of hydrogen-bond donors (Lipinski definition) is 0. The van der Waals surface area contributed by atoms with Crippen molar-refractivity contribution in [2.75, 3.05) is 13.2 Å². The van der Waals surface area contributed by atoms with Crippen LogP contribution in [0.5, 0.6) is 0 Å². The van der Waals surface area contributed by atoms with E-state index < -0.39 is 6.10 Å². The zero-order valence-corrected chi connectivity index (χ0v) is 43.4. The van der Waals surface area contributed by atoms with Gasteiger partial charge in [-0.25, -0.2) is 0 Å². The molecule has 1 atom stereocenters. The van der Waals surface area contributed by atoms with E-state index in [1.54, 1.807) is 0 Å². The van der Waals surface area contributed by atoms with Crippen molar-refractivity contribution < 1.29 is 28.6 Å². The van der Waals surface area contributed by atoms with E-state index in [2.05, 4.69) is 124 Å². The quantitative estimate of drug-likeness (QED) is 0.0262. The maximum absolute atomic E-state index is 12.8. The van der Waals surface area contributed by atoms with Crippen molar-refractivity contribution in [2.45, 2.75) is 245 Å². The first-order chi connectivity index (χ1) is 33.0. The third kappa shape index (κ3) is 52.9. The monoisotopic (exact) mass is 929 g/mol. The second-order valence-electron chi connectivity index (χ2n) is 17.8. The van der Waals surface area contributed by atoms with Crippen molar-refractivity contribution in [3.63, 3.8) is 0 Å². The molecule has 0 aliphatic heterocycles. The first-order valence-corrected chi connectivity index (χ1v) is 27.4. The second-order valence-corrected chi connectivity index (χ2v) is 17.8. The molecule has 380 valence electrons. The van der Waals surface area contributed by atoms with Gasteiger partial charge in [0.15, 0.2) is 6.10 Å². The third-order valence-corrected chi connectivity index (χ3v) is 11.2. The minimum Gasteiger partial charge on any atom is -0.462 e. The molecular weight excluding hydrogens is 829 g/mol. The summed E-state index contributed by atoms with van der Waals surface area (Å²) >= 11 is 0. The topological polar surface area (TPSA) is 78.9 Å². The van der Waals surface area contributed by atoms with E-state index in [4.69, 9.17) is 14.2 Å². The number of carbonyl (C=O) groups excluding carboxylic acids is 3. The number of allylic oxidation sites excluding steroid dienone is 18. The Morgan fingerprint density at radius 3 is 1.00 bits per heavy atom. The molecule has 0 spiro atoms. The zero-order chi connectivity index (χ0) is 48.6. The predicted octanol–water partition coefficient (Wildman–Crippen LogP) is 18.3. The molecule has 0 aromatic heterocycles. The Hall–Kier alpha value is -3.93. The lowest BCUT2D eigenvalue weighted by Gasteiger charge is -2.18. The van der Waals surface area contributed by atoms with Crippen LogP contribution < -0.4 is 0 Å². The van der Waals surface area contributed by atoms with E-state index in [1.807, 2.05) is 6.08 Å². The third-order valence-electron chi connectivity index (χ3n) is 11.2. The molecule has 0 fully saturated rings. The summed E-state index contributed by atoms with van der Waals surface area (Å²) in [5, 5.41) is 0. The van der Waals surface area contributed by atoms with Crippen LogP contribution in [-0.2, 0) is 28.6 Å². The van der Waals surface area contributed by atoms with Gasteiger partial charge in [0.2, 0.25) is 0 Å². The summed E-state index contributed by atoms with van der Waals surface area (Å²) < 4.78 is 16.7. The van der Waals surface area contributed by atoms with Gasteiger partial charge in [0.1, 0.15) is 13.2 Å². The lowest BCUT2D eigenvalue weighted by Crippen LogP contribution is -2.30. The highest BCUT2D eigenvalue weighted by Gasteiger charge is 2.19. The second kappa shape index (κ2) is 54.7. The minimum atomic E-state index is -0.827. The van der Waals surface area contributed by atoms with Gasteiger partial charge >= 0.3 is 17.9 Å². The Morgan fingerprint density at radius 1 is 0.299 bits per heavy atom. The minimum absolute atomic E-state index is 0.124. The summed E-state index contributed by atoms with van der Waals surface area (Å²) in [6.45, 7) is 6.46. The van der Waals surface area contributed by atoms with Crippen molar-refractivity contribution in [3.8, 4) is 0 Å². The number of rotatable bonds is 48. The lowest BCUT2D eigenvalue weighted by atomic mass is 10.1. The van der Waals surface area contributed by atoms with Crippen molar-refractivity contribution in [3.05, 3.63) is 109 Å². The average molecular weight is 929 g/mol. The summed E-state index contributed by atoms with van der Waals surface area (Å²) in [6.07, 6.45) is 73.7. The molecule has 0 N–H and O–H groups in total. The van der Waals surface area contributed by atoms with Gasteiger partial charge in [0.05, 0.1) is 0 Å². The molecule has 0 unspecified atom stereocenters. The van der Waals surface area contributed by atoms with Crippen molar-refractivity contribution >= 4 is 17.9 Å². The fourth-order valence-corrected chi connectivity index (χ4v) is 7.07. The van der Waals surface area contributed by atoms with E-state index in [9.17, 15) is 14.4 Å². The van der Waals surface area contributed by atoms with Crippen LogP contribution in [-0.4, -0.2) is 37.2 Å². The predicted molar refractivity (Wildman–Crippen MR) is 288 cm³/mol. The van der Waals surface area contributed by atoms with Crippen LogP contribution in [0.1, 0.15) is 239 Å². The Balaban J connectivity index is 4.57. The Kier molecular flexibility index (Phi) is 51.5. The Bertz CT molecular complexity index is 1390. The SMILES string of the molecule is CCCCC/C=C\C/C=C\C/C=C\C/C=C\C/C=C\CCC(=O)OC[C@H](COC(=O)CCCC/C=C\C/C=C\C/C=C\CCCCC)OC(=O)CCCCCCCCC/C=C\CCCCCC. The number of carbonyl (C=O) groups is 3. The Morgan fingerprint density at radius 2 is 0.567 bits per heavy atom. The molecule has 0 aromatic carbocycles. The standard InChI is InChI=1S/C61H100O6/c1-4-7-10-13-16-19-22-25-28-29-30-31-34-36-39-42-45-48-51-54-60(63)66-57-58(67-61(64)55-52-49-46-43-40-37-33-27-24-21-18-15-12-9-6-3)56-65-59(62)53-50-47-44-41-38-35-32-26-23-20-17-14-11-8-5-2/h16-17,19-21,24-26,28,30-32,36,38-39,41,45,48,58H,4-15,18,22-23,27,29,33-35,37,40,42-44,46-47,49-57H2,1-3H3/b19-16-,20-17-,24-21-,28-25-,31-30-,32-26-,39-36-,41-38-,48-45-/t58-/m0/s1.